The van der Waals surface area contributed by atoms with E-state index in [9.17, 15) is 9.59 Å². The van der Waals surface area contributed by atoms with E-state index in [0.717, 1.165) is 5.56 Å². The van der Waals surface area contributed by atoms with E-state index in [0.29, 0.717) is 28.3 Å². The molecule has 0 heterocycles. The van der Waals surface area contributed by atoms with Crippen molar-refractivity contribution in [3.63, 3.8) is 0 Å². The topological polar surface area (TPSA) is 79.7 Å². The average molecular weight is 445 g/mol. The molecule has 0 saturated carbocycles. The van der Waals surface area contributed by atoms with Gasteiger partial charge in [0, 0.05) is 11.6 Å². The van der Waals surface area contributed by atoms with Gasteiger partial charge in [-0.05, 0) is 42.0 Å². The van der Waals surface area contributed by atoms with Crippen LogP contribution in [0.4, 0.5) is 5.69 Å². The molecular formula is C26H26N3O4+. The molecule has 0 bridgehead atoms. The maximum absolute atomic E-state index is 12.8. The number of carbonyl (C=O) groups excluding carboxylic acids is 2. The molecule has 0 aliphatic heterocycles. The Balaban J connectivity index is 1.72. The fourth-order valence-electron chi connectivity index (χ4n) is 3.07. The number of hydrogen-bond acceptors (Lipinski definition) is 4. The molecule has 33 heavy (non-hydrogen) atoms. The van der Waals surface area contributed by atoms with Gasteiger partial charge >= 0.3 is 5.91 Å². The minimum absolute atomic E-state index is 0.332. The third-order valence-corrected chi connectivity index (χ3v) is 4.74. The molecule has 3 rings (SSSR count). The number of nitrogens with one attached hydrogen (secondary N) is 2. The molecule has 0 radical (unpaired) electrons. The summed E-state index contributed by atoms with van der Waals surface area (Å²) in [5, 5.41) is 2.80. The monoisotopic (exact) mass is 444 g/mol. The fraction of sp³-hybridized carbons (Fsp3) is 0.115. The highest BCUT2D eigenvalue weighted by Crippen LogP contribution is 2.28. The van der Waals surface area contributed by atoms with Crippen LogP contribution in [0.15, 0.2) is 78.9 Å². The van der Waals surface area contributed by atoms with Crippen molar-refractivity contribution in [1.29, 1.82) is 0 Å². The van der Waals surface area contributed by atoms with Gasteiger partial charge in [0.05, 0.1) is 25.5 Å². The molecule has 0 aromatic heterocycles. The van der Waals surface area contributed by atoms with Crippen LogP contribution in [-0.2, 0) is 0 Å². The van der Waals surface area contributed by atoms with Crippen LogP contribution in [0.25, 0.3) is 6.08 Å². The Morgan fingerprint density at radius 3 is 2.27 bits per heavy atom. The molecule has 0 spiro atoms. The van der Waals surface area contributed by atoms with Crippen LogP contribution >= 0.6 is 0 Å². The minimum Gasteiger partial charge on any atom is -0.493 e. The Morgan fingerprint density at radius 2 is 1.55 bits per heavy atom. The predicted molar refractivity (Wildman–Crippen MR) is 129 cm³/mol. The summed E-state index contributed by atoms with van der Waals surface area (Å²) in [6, 6.07) is 21.5. The van der Waals surface area contributed by atoms with Crippen LogP contribution in [0, 0.1) is 0 Å². The maximum Gasteiger partial charge on any atom is 0.307 e. The summed E-state index contributed by atoms with van der Waals surface area (Å²) >= 11 is 0. The third kappa shape index (κ3) is 6.30. The van der Waals surface area contributed by atoms with Crippen molar-refractivity contribution in [1.82, 2.24) is 5.43 Å². The molecule has 0 saturated heterocycles. The number of hydrazine groups is 1. The number of hydrogen-bond donors (Lipinski definition) is 2. The zero-order chi connectivity index (χ0) is 23.6. The number of amides is 2. The lowest BCUT2D eigenvalue weighted by Crippen LogP contribution is -2.33. The Morgan fingerprint density at radius 1 is 0.848 bits per heavy atom. The minimum atomic E-state index is -0.373. The van der Waals surface area contributed by atoms with Crippen molar-refractivity contribution in [2.75, 3.05) is 26.6 Å². The number of carbonyl (C=O) groups is 2. The number of methoxy groups -OCH3 is 2. The number of hydrazone groups is 1. The summed E-state index contributed by atoms with van der Waals surface area (Å²) in [5.74, 6) is 0.235. The van der Waals surface area contributed by atoms with Crippen LogP contribution in [0.2, 0.25) is 0 Å². The highest BCUT2D eigenvalue weighted by atomic mass is 16.5. The molecule has 0 aliphatic rings. The van der Waals surface area contributed by atoms with Gasteiger partial charge in [-0.15, -0.1) is 10.1 Å². The summed E-state index contributed by atoms with van der Waals surface area (Å²) in [6.07, 6.45) is 5.50. The molecule has 7 nitrogen and oxygen atoms in total. The SMILES string of the molecule is COc1ccc(C(=O)Nc2ccccc2C(=O)N[N+](C)=CC=Cc2ccccc2)cc1OC. The van der Waals surface area contributed by atoms with E-state index in [1.807, 2.05) is 42.5 Å². The first-order valence-electron chi connectivity index (χ1n) is 10.2. The first-order valence-corrected chi connectivity index (χ1v) is 10.2. The molecule has 0 aliphatic carbocycles. The molecular weight excluding hydrogens is 418 g/mol. The molecule has 168 valence electrons. The first kappa shape index (κ1) is 23.3. The van der Waals surface area contributed by atoms with Crippen molar-refractivity contribution < 1.29 is 23.7 Å². The van der Waals surface area contributed by atoms with Crippen LogP contribution in [-0.4, -0.2) is 44.0 Å². The third-order valence-electron chi connectivity index (χ3n) is 4.74. The average Bonchev–Trinajstić information content (AvgIpc) is 2.84. The Kier molecular flexibility index (Phi) is 7.96. The summed E-state index contributed by atoms with van der Waals surface area (Å²) in [4.78, 5) is 25.6. The van der Waals surface area contributed by atoms with Gasteiger partial charge in [0.15, 0.2) is 24.8 Å². The van der Waals surface area contributed by atoms with Gasteiger partial charge in [0.25, 0.3) is 5.91 Å². The van der Waals surface area contributed by atoms with E-state index < -0.39 is 0 Å². The molecule has 7 heteroatoms. The number of allylic oxidation sites excluding steroid dienone is 1. The van der Waals surface area contributed by atoms with E-state index in [1.165, 1.54) is 14.2 Å². The highest BCUT2D eigenvalue weighted by molar-refractivity contribution is 6.09. The summed E-state index contributed by atoms with van der Waals surface area (Å²) < 4.78 is 12.0. The van der Waals surface area contributed by atoms with Crippen LogP contribution in [0.3, 0.4) is 0 Å². The van der Waals surface area contributed by atoms with Gasteiger partial charge < -0.3 is 14.8 Å². The number of para-hydroxylation sites is 1. The Labute approximate surface area is 193 Å². The van der Waals surface area contributed by atoms with Gasteiger partial charge in [-0.3, -0.25) is 9.59 Å². The molecule has 0 atom stereocenters. The molecule has 0 fully saturated rings. The Hall–Kier alpha value is -4.39. The Bertz CT molecular complexity index is 1190. The van der Waals surface area contributed by atoms with Crippen molar-refractivity contribution in [2.24, 2.45) is 0 Å². The molecule has 3 aromatic carbocycles. The molecule has 2 amide bonds. The van der Waals surface area contributed by atoms with Crippen LogP contribution in [0.1, 0.15) is 26.3 Å². The van der Waals surface area contributed by atoms with Gasteiger partial charge in [0.2, 0.25) is 0 Å². The quantitative estimate of drug-likeness (QED) is 0.312. The zero-order valence-electron chi connectivity index (χ0n) is 18.7. The van der Waals surface area contributed by atoms with Crippen molar-refractivity contribution in [2.45, 2.75) is 0 Å². The number of rotatable bonds is 8. The van der Waals surface area contributed by atoms with E-state index in [4.69, 9.17) is 9.47 Å². The second kappa shape index (κ2) is 11.3. The van der Waals surface area contributed by atoms with Crippen molar-refractivity contribution >= 4 is 29.8 Å². The van der Waals surface area contributed by atoms with Crippen molar-refractivity contribution in [3.05, 3.63) is 95.6 Å². The second-order valence-electron chi connectivity index (χ2n) is 7.04. The van der Waals surface area contributed by atoms with Gasteiger partial charge in [-0.25, -0.2) is 0 Å². The largest absolute Gasteiger partial charge is 0.493 e. The maximum atomic E-state index is 12.8. The zero-order valence-corrected chi connectivity index (χ0v) is 18.7. The predicted octanol–water partition coefficient (Wildman–Crippen LogP) is 4.03. The summed E-state index contributed by atoms with van der Waals surface area (Å²) in [5.41, 5.74) is 4.92. The number of ether oxygens (including phenoxy) is 2. The normalized spacial score (nSPS) is 11.2. The first-order chi connectivity index (χ1) is 16.0. The summed E-state index contributed by atoms with van der Waals surface area (Å²) in [7, 11) is 4.75. The standard InChI is InChI=1S/C26H25N3O4/c1-29(17-9-12-19-10-5-4-6-11-19)28-26(31)21-13-7-8-14-22(21)27-25(30)20-15-16-23(32-2)24(18-20)33-3/h4-18H,1-3H3,(H-,27,28,30,31)/p+1. The fourth-order valence-corrected chi connectivity index (χ4v) is 3.07. The number of anilines is 1. The number of nitrogens with zero attached hydrogens (tertiary/aromatic N) is 1. The second-order valence-corrected chi connectivity index (χ2v) is 7.04. The lowest BCUT2D eigenvalue weighted by atomic mass is 10.1. The van der Waals surface area contributed by atoms with E-state index in [-0.39, 0.29) is 11.8 Å². The molecule has 3 aromatic rings. The van der Waals surface area contributed by atoms with Gasteiger partial charge in [-0.2, -0.15) is 0 Å². The van der Waals surface area contributed by atoms with E-state index in [1.54, 1.807) is 60.4 Å². The van der Waals surface area contributed by atoms with Gasteiger partial charge in [0.1, 0.15) is 0 Å². The van der Waals surface area contributed by atoms with Gasteiger partial charge in [-0.1, -0.05) is 42.5 Å². The molecule has 0 unspecified atom stereocenters. The van der Waals surface area contributed by atoms with Crippen LogP contribution < -0.4 is 20.2 Å². The summed E-state index contributed by atoms with van der Waals surface area (Å²) in [6.45, 7) is 0. The van der Waals surface area contributed by atoms with Crippen molar-refractivity contribution in [3.8, 4) is 11.5 Å². The lowest BCUT2D eigenvalue weighted by molar-refractivity contribution is -0.538. The van der Waals surface area contributed by atoms with E-state index >= 15 is 0 Å². The number of benzene rings is 3. The van der Waals surface area contributed by atoms with E-state index in [2.05, 4.69) is 10.7 Å². The molecule has 2 N–H and O–H groups in total. The smallest absolute Gasteiger partial charge is 0.307 e. The van der Waals surface area contributed by atoms with Crippen LogP contribution in [0.5, 0.6) is 11.5 Å². The highest BCUT2D eigenvalue weighted by Gasteiger charge is 2.17. The lowest BCUT2D eigenvalue weighted by Gasteiger charge is -2.12.